The Hall–Kier alpha value is -4.55. The maximum Gasteiger partial charge on any atom is 0.343 e. The van der Waals surface area contributed by atoms with E-state index in [0.717, 1.165) is 70.8 Å². The predicted octanol–water partition coefficient (Wildman–Crippen LogP) is 8.55. The van der Waals surface area contributed by atoms with Crippen molar-refractivity contribution < 1.29 is 23.7 Å². The second kappa shape index (κ2) is 14.8. The average Bonchev–Trinajstić information content (AvgIpc) is 3.54. The van der Waals surface area contributed by atoms with Crippen LogP contribution in [0.3, 0.4) is 0 Å². The van der Waals surface area contributed by atoms with E-state index in [1.807, 2.05) is 61.6 Å². The first-order valence-electron chi connectivity index (χ1n) is 15.5. The number of allylic oxidation sites excluding steroid dienone is 1. The quantitative estimate of drug-likeness (QED) is 0.0955. The van der Waals surface area contributed by atoms with E-state index in [0.29, 0.717) is 11.3 Å². The Labute approximate surface area is 260 Å². The number of carbonyl (C=O) groups is 1. The molecule has 0 saturated carbocycles. The van der Waals surface area contributed by atoms with Crippen molar-refractivity contribution in [2.45, 2.75) is 58.6 Å². The molecule has 4 aromatic carbocycles. The van der Waals surface area contributed by atoms with Crippen LogP contribution in [0.2, 0.25) is 0 Å². The lowest BCUT2D eigenvalue weighted by Crippen LogP contribution is -2.40. The standard InChI is InChI=1S/C38H41NO5/c1-5-11-34(33(7-3)39-4)43-30-19-14-26(15-20-30)37(32(6-2)29-18-23-35-36(24-29)42-25-41-35)27-16-21-31(22-17-27)44-38(40)28-12-9-8-10-13-28/h8-10,12-24,33-34,39H,5-7,11,25H2,1-4H3. The summed E-state index contributed by atoms with van der Waals surface area (Å²) in [4.78, 5) is 12.6. The number of ether oxygens (including phenoxy) is 4. The van der Waals surface area contributed by atoms with Crippen LogP contribution in [0.5, 0.6) is 23.0 Å². The number of carbonyl (C=O) groups excluding carboxylic acids is 1. The molecule has 0 aliphatic carbocycles. The van der Waals surface area contributed by atoms with Gasteiger partial charge in [0.1, 0.15) is 17.6 Å². The Balaban J connectivity index is 1.50. The Morgan fingerprint density at radius 2 is 1.41 bits per heavy atom. The van der Waals surface area contributed by atoms with Gasteiger partial charge in [-0.25, -0.2) is 4.79 Å². The van der Waals surface area contributed by atoms with Crippen molar-refractivity contribution in [3.05, 3.63) is 119 Å². The van der Waals surface area contributed by atoms with Gasteiger partial charge >= 0.3 is 5.97 Å². The van der Waals surface area contributed by atoms with Crippen LogP contribution >= 0.6 is 0 Å². The second-order valence-corrected chi connectivity index (χ2v) is 10.8. The summed E-state index contributed by atoms with van der Waals surface area (Å²) in [5, 5.41) is 3.41. The molecule has 1 N–H and O–H groups in total. The molecule has 0 amide bonds. The molecule has 2 unspecified atom stereocenters. The molecule has 4 aromatic rings. The van der Waals surface area contributed by atoms with Crippen LogP contribution in [0.15, 0.2) is 97.1 Å². The van der Waals surface area contributed by atoms with Crippen LogP contribution in [-0.2, 0) is 0 Å². The molecule has 1 aliphatic rings. The van der Waals surface area contributed by atoms with Gasteiger partial charge < -0.3 is 24.3 Å². The number of benzene rings is 4. The molecule has 6 nitrogen and oxygen atoms in total. The zero-order valence-electron chi connectivity index (χ0n) is 26.0. The fourth-order valence-electron chi connectivity index (χ4n) is 5.71. The highest BCUT2D eigenvalue weighted by atomic mass is 16.7. The molecule has 0 saturated heterocycles. The summed E-state index contributed by atoms with van der Waals surface area (Å²) in [6, 6.07) is 31.5. The fraction of sp³-hybridized carbons (Fsp3) is 0.289. The van der Waals surface area contributed by atoms with Crippen LogP contribution in [0.4, 0.5) is 0 Å². The lowest BCUT2D eigenvalue weighted by molar-refractivity contribution is 0.0734. The Morgan fingerprint density at radius 1 is 0.773 bits per heavy atom. The number of esters is 1. The molecule has 5 rings (SSSR count). The average molecular weight is 592 g/mol. The van der Waals surface area contributed by atoms with E-state index in [-0.39, 0.29) is 24.9 Å². The van der Waals surface area contributed by atoms with Gasteiger partial charge in [-0.2, -0.15) is 0 Å². The number of rotatable bonds is 13. The highest BCUT2D eigenvalue weighted by Crippen LogP contribution is 2.40. The zero-order valence-corrected chi connectivity index (χ0v) is 26.0. The van der Waals surface area contributed by atoms with Crippen molar-refractivity contribution in [1.82, 2.24) is 5.32 Å². The topological polar surface area (TPSA) is 66.0 Å². The summed E-state index contributed by atoms with van der Waals surface area (Å²) in [7, 11) is 2.00. The maximum absolute atomic E-state index is 12.6. The van der Waals surface area contributed by atoms with Gasteiger partial charge in [0, 0.05) is 6.04 Å². The molecule has 0 aromatic heterocycles. The molecule has 1 aliphatic heterocycles. The van der Waals surface area contributed by atoms with Gasteiger partial charge in [-0.3, -0.25) is 0 Å². The molecule has 1 heterocycles. The van der Waals surface area contributed by atoms with Crippen LogP contribution in [0.25, 0.3) is 11.1 Å². The summed E-state index contributed by atoms with van der Waals surface area (Å²) in [6.45, 7) is 6.76. The van der Waals surface area contributed by atoms with Crippen LogP contribution in [0.1, 0.15) is 73.5 Å². The van der Waals surface area contributed by atoms with Gasteiger partial charge in [-0.15, -0.1) is 0 Å². The van der Waals surface area contributed by atoms with Crippen LogP contribution < -0.4 is 24.3 Å². The van der Waals surface area contributed by atoms with Crippen molar-refractivity contribution in [3.63, 3.8) is 0 Å². The number of hydrogen-bond acceptors (Lipinski definition) is 6. The SMILES string of the molecule is CCCC(Oc1ccc(C(=C(CC)c2ccc3c(c2)OCO3)c2ccc(OC(=O)c3ccccc3)cc2)cc1)C(CC)NC. The van der Waals surface area contributed by atoms with Crippen LogP contribution in [0, 0.1) is 0 Å². The second-order valence-electron chi connectivity index (χ2n) is 10.8. The summed E-state index contributed by atoms with van der Waals surface area (Å²) >= 11 is 0. The van der Waals surface area contributed by atoms with E-state index >= 15 is 0 Å². The normalized spacial score (nSPS) is 14.0. The smallest absolute Gasteiger partial charge is 0.343 e. The van der Waals surface area contributed by atoms with E-state index in [2.05, 4.69) is 56.4 Å². The van der Waals surface area contributed by atoms with Gasteiger partial charge in [0.25, 0.3) is 0 Å². The lowest BCUT2D eigenvalue weighted by atomic mass is 9.88. The van der Waals surface area contributed by atoms with E-state index in [1.165, 1.54) is 0 Å². The first-order chi connectivity index (χ1) is 21.5. The molecule has 0 bridgehead atoms. The summed E-state index contributed by atoms with van der Waals surface area (Å²) in [5.74, 6) is 2.46. The summed E-state index contributed by atoms with van der Waals surface area (Å²) in [6.07, 6.45) is 3.92. The van der Waals surface area contributed by atoms with E-state index < -0.39 is 0 Å². The first-order valence-corrected chi connectivity index (χ1v) is 15.5. The molecule has 0 spiro atoms. The largest absolute Gasteiger partial charge is 0.489 e. The maximum atomic E-state index is 12.6. The molecule has 2 atom stereocenters. The van der Waals surface area contributed by atoms with Gasteiger partial charge in [-0.1, -0.05) is 75.7 Å². The molecular formula is C38H41NO5. The van der Waals surface area contributed by atoms with E-state index in [9.17, 15) is 4.79 Å². The third kappa shape index (κ3) is 7.14. The molecule has 0 fully saturated rings. The molecule has 228 valence electrons. The van der Waals surface area contributed by atoms with Crippen molar-refractivity contribution in [2.24, 2.45) is 0 Å². The fourth-order valence-corrected chi connectivity index (χ4v) is 5.71. The van der Waals surface area contributed by atoms with Gasteiger partial charge in [0.15, 0.2) is 11.5 Å². The van der Waals surface area contributed by atoms with Crippen molar-refractivity contribution in [1.29, 1.82) is 0 Å². The highest BCUT2D eigenvalue weighted by molar-refractivity contribution is 5.99. The van der Waals surface area contributed by atoms with E-state index in [1.54, 1.807) is 12.1 Å². The Morgan fingerprint density at radius 3 is 2.02 bits per heavy atom. The minimum absolute atomic E-state index is 0.0989. The number of hydrogen-bond donors (Lipinski definition) is 1. The molecular weight excluding hydrogens is 550 g/mol. The monoisotopic (exact) mass is 591 g/mol. The third-order valence-corrected chi connectivity index (χ3v) is 8.00. The molecule has 6 heteroatoms. The van der Waals surface area contributed by atoms with Crippen molar-refractivity contribution in [2.75, 3.05) is 13.8 Å². The lowest BCUT2D eigenvalue weighted by Gasteiger charge is -2.27. The summed E-state index contributed by atoms with van der Waals surface area (Å²) < 4.78 is 23.4. The number of likely N-dealkylation sites (N-methyl/N-ethyl adjacent to an activating group) is 1. The first kappa shape index (κ1) is 30.9. The highest BCUT2D eigenvalue weighted by Gasteiger charge is 2.21. The Bertz CT molecular complexity index is 1560. The van der Waals surface area contributed by atoms with E-state index in [4.69, 9.17) is 18.9 Å². The van der Waals surface area contributed by atoms with Gasteiger partial charge in [0.05, 0.1) is 5.56 Å². The molecule has 44 heavy (non-hydrogen) atoms. The number of fused-ring (bicyclic) bond motifs is 1. The minimum atomic E-state index is -0.385. The summed E-state index contributed by atoms with van der Waals surface area (Å²) in [5.41, 5.74) is 5.90. The van der Waals surface area contributed by atoms with Crippen molar-refractivity contribution in [3.8, 4) is 23.0 Å². The zero-order chi connectivity index (χ0) is 30.9. The molecule has 0 radical (unpaired) electrons. The van der Waals surface area contributed by atoms with Gasteiger partial charge in [-0.05, 0) is 103 Å². The predicted molar refractivity (Wildman–Crippen MR) is 176 cm³/mol. The third-order valence-electron chi connectivity index (χ3n) is 8.00. The number of nitrogens with one attached hydrogen (secondary N) is 1. The van der Waals surface area contributed by atoms with Crippen LogP contribution in [-0.4, -0.2) is 32.0 Å². The van der Waals surface area contributed by atoms with Gasteiger partial charge in [0.2, 0.25) is 6.79 Å². The Kier molecular flexibility index (Phi) is 10.4. The van der Waals surface area contributed by atoms with Crippen molar-refractivity contribution >= 4 is 17.1 Å². The minimum Gasteiger partial charge on any atom is -0.489 e.